The lowest BCUT2D eigenvalue weighted by Gasteiger charge is -2.31. The van der Waals surface area contributed by atoms with Gasteiger partial charge in [0.1, 0.15) is 6.10 Å². The molecule has 0 bridgehead atoms. The highest BCUT2D eigenvalue weighted by atomic mass is 16.5. The van der Waals surface area contributed by atoms with Crippen LogP contribution in [0.15, 0.2) is 12.2 Å². The summed E-state index contributed by atoms with van der Waals surface area (Å²) >= 11 is 0. The van der Waals surface area contributed by atoms with Gasteiger partial charge in [-0.05, 0) is 50.4 Å². The van der Waals surface area contributed by atoms with Crippen LogP contribution in [0.4, 0.5) is 0 Å². The Morgan fingerprint density at radius 3 is 1.91 bits per heavy atom. The molecule has 0 spiro atoms. The van der Waals surface area contributed by atoms with Crippen LogP contribution < -0.4 is 0 Å². The van der Waals surface area contributed by atoms with E-state index in [1.807, 2.05) is 6.92 Å². The smallest absolute Gasteiger partial charge is 0.330 e. The number of allylic oxidation sites excluding steroid dienone is 1. The Balaban J connectivity index is 1.59. The van der Waals surface area contributed by atoms with E-state index >= 15 is 0 Å². The highest BCUT2D eigenvalue weighted by molar-refractivity contribution is 5.81. The van der Waals surface area contributed by atoms with E-state index in [1.54, 1.807) is 6.08 Å². The normalized spacial score (nSPS) is 33.0. The average Bonchev–Trinajstić information content (AvgIpc) is 2.55. The van der Waals surface area contributed by atoms with E-state index in [2.05, 4.69) is 6.92 Å². The third-order valence-corrected chi connectivity index (χ3v) is 5.91. The van der Waals surface area contributed by atoms with E-state index < -0.39 is 0 Å². The van der Waals surface area contributed by atoms with Gasteiger partial charge in [0.15, 0.2) is 0 Å². The van der Waals surface area contributed by atoms with E-state index in [0.29, 0.717) is 0 Å². The van der Waals surface area contributed by atoms with Gasteiger partial charge >= 0.3 is 5.97 Å². The molecule has 0 unspecified atom stereocenters. The Morgan fingerprint density at radius 2 is 1.41 bits per heavy atom. The topological polar surface area (TPSA) is 26.3 Å². The van der Waals surface area contributed by atoms with E-state index in [9.17, 15) is 4.79 Å². The number of carbonyl (C=O) groups excluding carboxylic acids is 1. The lowest BCUT2D eigenvalue weighted by atomic mass is 9.76. The van der Waals surface area contributed by atoms with Crippen molar-refractivity contribution < 1.29 is 9.53 Å². The predicted molar refractivity (Wildman–Crippen MR) is 91.6 cm³/mol. The molecule has 2 nitrogen and oxygen atoms in total. The largest absolute Gasteiger partial charge is 0.459 e. The van der Waals surface area contributed by atoms with Crippen LogP contribution in [0.1, 0.15) is 84.5 Å². The lowest BCUT2D eigenvalue weighted by Crippen LogP contribution is -2.24. The number of hydrogen-bond acceptors (Lipinski definition) is 2. The van der Waals surface area contributed by atoms with E-state index in [-0.39, 0.29) is 12.1 Å². The van der Waals surface area contributed by atoms with Crippen molar-refractivity contribution in [3.05, 3.63) is 12.2 Å². The highest BCUT2D eigenvalue weighted by Gasteiger charge is 2.25. The zero-order valence-electron chi connectivity index (χ0n) is 14.6. The molecule has 2 saturated carbocycles. The number of esters is 1. The van der Waals surface area contributed by atoms with Crippen molar-refractivity contribution in [3.63, 3.8) is 0 Å². The fourth-order valence-electron chi connectivity index (χ4n) is 4.28. The minimum absolute atomic E-state index is 0.167. The Hall–Kier alpha value is -0.790. The van der Waals surface area contributed by atoms with Crippen molar-refractivity contribution in [2.24, 2.45) is 17.8 Å². The van der Waals surface area contributed by atoms with E-state index in [1.165, 1.54) is 63.9 Å². The fraction of sp³-hybridized carbons (Fsp3) is 0.850. The maximum absolute atomic E-state index is 11.5. The minimum atomic E-state index is -0.168. The molecule has 0 saturated heterocycles. The van der Waals surface area contributed by atoms with Gasteiger partial charge in [0.2, 0.25) is 0 Å². The molecule has 0 aliphatic heterocycles. The quantitative estimate of drug-likeness (QED) is 0.467. The van der Waals surface area contributed by atoms with Crippen LogP contribution in [0.2, 0.25) is 0 Å². The molecule has 0 atom stereocenters. The van der Waals surface area contributed by atoms with Crippen LogP contribution in [-0.2, 0) is 9.53 Å². The number of rotatable bonds is 6. The van der Waals surface area contributed by atoms with Crippen LogP contribution >= 0.6 is 0 Å². The molecule has 0 aromatic rings. The summed E-state index contributed by atoms with van der Waals surface area (Å²) in [7, 11) is 0. The summed E-state index contributed by atoms with van der Waals surface area (Å²) in [6, 6.07) is 0. The van der Waals surface area contributed by atoms with Crippen molar-refractivity contribution in [3.8, 4) is 0 Å². The molecule has 22 heavy (non-hydrogen) atoms. The number of carbonyl (C=O) groups is 1. The zero-order chi connectivity index (χ0) is 15.8. The van der Waals surface area contributed by atoms with Gasteiger partial charge in [0.05, 0.1) is 0 Å². The Morgan fingerprint density at radius 1 is 0.909 bits per heavy atom. The van der Waals surface area contributed by atoms with E-state index in [0.717, 1.165) is 30.6 Å². The van der Waals surface area contributed by atoms with Gasteiger partial charge in [-0.25, -0.2) is 4.79 Å². The zero-order valence-corrected chi connectivity index (χ0v) is 14.6. The maximum Gasteiger partial charge on any atom is 0.330 e. The number of hydrogen-bond donors (Lipinski definition) is 0. The van der Waals surface area contributed by atoms with Crippen LogP contribution in [0.3, 0.4) is 0 Å². The molecule has 0 radical (unpaired) electrons. The molecule has 2 aliphatic carbocycles. The predicted octanol–water partition coefficient (Wildman–Crippen LogP) is 5.66. The summed E-state index contributed by atoms with van der Waals surface area (Å²) in [6.45, 7) is 4.19. The lowest BCUT2D eigenvalue weighted by molar-refractivity contribution is -0.144. The van der Waals surface area contributed by atoms with Gasteiger partial charge in [0, 0.05) is 6.08 Å². The average molecular weight is 306 g/mol. The maximum atomic E-state index is 11.5. The molecule has 0 amide bonds. The molecule has 2 aliphatic rings. The standard InChI is InChI=1S/C20H34O2/c1-3-5-20(21)22-19-14-12-18(13-15-19)11-10-17-8-6-16(4-2)7-9-17/h3,5,16-19H,4,6-15H2,1-2H3. The molecule has 0 aromatic carbocycles. The first kappa shape index (κ1) is 17.6. The van der Waals surface area contributed by atoms with Crippen LogP contribution in [0.25, 0.3) is 0 Å². The SMILES string of the molecule is CC=CC(=O)OC1CCC(CCC2CCC(CC)CC2)CC1. The van der Waals surface area contributed by atoms with Crippen LogP contribution in [-0.4, -0.2) is 12.1 Å². The third-order valence-electron chi connectivity index (χ3n) is 5.91. The van der Waals surface area contributed by atoms with Crippen molar-refractivity contribution >= 4 is 5.97 Å². The molecule has 2 rings (SSSR count). The molecule has 2 fully saturated rings. The molecular weight excluding hydrogens is 272 g/mol. The summed E-state index contributed by atoms with van der Waals surface area (Å²) in [4.78, 5) is 11.5. The number of ether oxygens (including phenoxy) is 1. The second-order valence-electron chi connectivity index (χ2n) is 7.45. The molecule has 0 heterocycles. The monoisotopic (exact) mass is 306 g/mol. The van der Waals surface area contributed by atoms with Crippen molar-refractivity contribution in [2.45, 2.75) is 90.6 Å². The summed E-state index contributed by atoms with van der Waals surface area (Å²) in [5, 5.41) is 0. The third kappa shape index (κ3) is 5.78. The van der Waals surface area contributed by atoms with Crippen molar-refractivity contribution in [1.82, 2.24) is 0 Å². The van der Waals surface area contributed by atoms with Gasteiger partial charge in [-0.3, -0.25) is 0 Å². The molecule has 2 heteroatoms. The minimum Gasteiger partial charge on any atom is -0.459 e. The van der Waals surface area contributed by atoms with Gasteiger partial charge in [-0.2, -0.15) is 0 Å². The first-order valence-electron chi connectivity index (χ1n) is 9.54. The summed E-state index contributed by atoms with van der Waals surface area (Å²) in [5.74, 6) is 2.71. The summed E-state index contributed by atoms with van der Waals surface area (Å²) in [6.07, 6.45) is 18.2. The summed E-state index contributed by atoms with van der Waals surface area (Å²) in [5.41, 5.74) is 0. The second kappa shape index (κ2) is 9.37. The van der Waals surface area contributed by atoms with Gasteiger partial charge < -0.3 is 4.74 Å². The first-order valence-corrected chi connectivity index (χ1v) is 9.54. The van der Waals surface area contributed by atoms with E-state index in [4.69, 9.17) is 4.74 Å². The van der Waals surface area contributed by atoms with Crippen LogP contribution in [0.5, 0.6) is 0 Å². The Kier molecular flexibility index (Phi) is 7.48. The molecular formula is C20H34O2. The first-order chi connectivity index (χ1) is 10.7. The Labute approximate surface area is 136 Å². The fourth-order valence-corrected chi connectivity index (χ4v) is 4.28. The van der Waals surface area contributed by atoms with Crippen molar-refractivity contribution in [2.75, 3.05) is 0 Å². The van der Waals surface area contributed by atoms with Crippen LogP contribution in [0, 0.1) is 17.8 Å². The van der Waals surface area contributed by atoms with Gasteiger partial charge in [-0.1, -0.05) is 57.9 Å². The molecule has 0 N–H and O–H groups in total. The van der Waals surface area contributed by atoms with Crippen molar-refractivity contribution in [1.29, 1.82) is 0 Å². The van der Waals surface area contributed by atoms with Gasteiger partial charge in [0.25, 0.3) is 0 Å². The Bertz CT molecular complexity index is 345. The highest BCUT2D eigenvalue weighted by Crippen LogP contribution is 2.36. The van der Waals surface area contributed by atoms with Gasteiger partial charge in [-0.15, -0.1) is 0 Å². The molecule has 0 aromatic heterocycles. The molecule has 126 valence electrons. The summed E-state index contributed by atoms with van der Waals surface area (Å²) < 4.78 is 5.47. The second-order valence-corrected chi connectivity index (χ2v) is 7.45.